The smallest absolute Gasteiger partial charge is 0.306 e. The van der Waals surface area contributed by atoms with Crippen molar-refractivity contribution in [1.29, 1.82) is 0 Å². The van der Waals surface area contributed by atoms with Crippen LogP contribution in [0.1, 0.15) is 13.3 Å². The Balaban J connectivity index is 3.01. The molecule has 0 aliphatic heterocycles. The number of hydrogen-bond acceptors (Lipinski definition) is 5. The molecule has 0 saturated heterocycles. The number of sulfonamides is 1. The van der Waals surface area contributed by atoms with Crippen LogP contribution in [0.4, 0.5) is 0 Å². The first-order valence-electron chi connectivity index (χ1n) is 6.27. The fourth-order valence-corrected chi connectivity index (χ4v) is 3.52. The zero-order chi connectivity index (χ0) is 16.0. The lowest BCUT2D eigenvalue weighted by Crippen LogP contribution is -2.33. The summed E-state index contributed by atoms with van der Waals surface area (Å²) in [5, 5.41) is 0.211. The van der Waals surface area contributed by atoms with Crippen LogP contribution >= 0.6 is 11.6 Å². The summed E-state index contributed by atoms with van der Waals surface area (Å²) < 4.78 is 35.7. The molecule has 118 valence electrons. The summed E-state index contributed by atoms with van der Waals surface area (Å²) in [5.74, 6) is -0.0651. The zero-order valence-electron chi connectivity index (χ0n) is 12.1. The largest absolute Gasteiger partial charge is 0.495 e. The first-order chi connectivity index (χ1) is 9.86. The first-order valence-corrected chi connectivity index (χ1v) is 8.09. The highest BCUT2D eigenvalue weighted by Gasteiger charge is 2.24. The highest BCUT2D eigenvalue weighted by Crippen LogP contribution is 2.28. The molecule has 0 heterocycles. The van der Waals surface area contributed by atoms with Gasteiger partial charge in [-0.25, -0.2) is 8.42 Å². The Hall–Kier alpha value is -1.31. The third-order valence-corrected chi connectivity index (χ3v) is 5.17. The van der Waals surface area contributed by atoms with E-state index in [2.05, 4.69) is 4.74 Å². The number of benzene rings is 1. The average Bonchev–Trinajstić information content (AvgIpc) is 2.47. The molecule has 1 rings (SSSR count). The molecule has 0 aromatic heterocycles. The average molecular weight is 336 g/mol. The highest BCUT2D eigenvalue weighted by molar-refractivity contribution is 7.89. The maximum Gasteiger partial charge on any atom is 0.306 e. The van der Waals surface area contributed by atoms with E-state index in [0.29, 0.717) is 5.75 Å². The maximum absolute atomic E-state index is 12.5. The van der Waals surface area contributed by atoms with E-state index in [1.165, 1.54) is 36.7 Å². The fourth-order valence-electron chi connectivity index (χ4n) is 1.72. The van der Waals surface area contributed by atoms with E-state index in [4.69, 9.17) is 16.3 Å². The lowest BCUT2D eigenvalue weighted by Gasteiger charge is -2.20. The van der Waals surface area contributed by atoms with Crippen LogP contribution < -0.4 is 4.74 Å². The van der Waals surface area contributed by atoms with Crippen molar-refractivity contribution >= 4 is 27.6 Å². The standard InChI is InChI=1S/C13H18ClNO5S/c1-4-15(8-7-13(16)20-3)21(17,18)10-5-6-12(19-2)11(14)9-10/h5-6,9H,4,7-8H2,1-3H3. The fraction of sp³-hybridized carbons (Fsp3) is 0.462. The minimum atomic E-state index is -3.72. The molecule has 0 aliphatic carbocycles. The van der Waals surface area contributed by atoms with E-state index in [-0.39, 0.29) is 29.4 Å². The summed E-state index contributed by atoms with van der Waals surface area (Å²) in [7, 11) is -1.01. The SMILES string of the molecule is CCN(CCC(=O)OC)S(=O)(=O)c1ccc(OC)c(Cl)c1. The molecule has 0 bridgehead atoms. The molecule has 8 heteroatoms. The van der Waals surface area contributed by atoms with Crippen LogP contribution in [0, 0.1) is 0 Å². The van der Waals surface area contributed by atoms with Gasteiger partial charge in [0.15, 0.2) is 0 Å². The Kier molecular flexibility index (Phi) is 6.44. The van der Waals surface area contributed by atoms with Crippen molar-refractivity contribution in [2.45, 2.75) is 18.2 Å². The molecule has 0 unspecified atom stereocenters. The van der Waals surface area contributed by atoms with Gasteiger partial charge in [0.2, 0.25) is 10.0 Å². The molecule has 0 amide bonds. The quantitative estimate of drug-likeness (QED) is 0.712. The molecule has 0 N–H and O–H groups in total. The Morgan fingerprint density at radius 1 is 1.33 bits per heavy atom. The first kappa shape index (κ1) is 17.7. The van der Waals surface area contributed by atoms with Gasteiger partial charge in [0, 0.05) is 13.1 Å². The van der Waals surface area contributed by atoms with E-state index < -0.39 is 16.0 Å². The van der Waals surface area contributed by atoms with Gasteiger partial charge in [0.1, 0.15) is 5.75 Å². The predicted octanol–water partition coefficient (Wildman–Crippen LogP) is 1.92. The number of methoxy groups -OCH3 is 2. The topological polar surface area (TPSA) is 72.9 Å². The summed E-state index contributed by atoms with van der Waals surface area (Å²) >= 11 is 5.95. The Morgan fingerprint density at radius 3 is 2.48 bits per heavy atom. The van der Waals surface area contributed by atoms with E-state index in [0.717, 1.165) is 0 Å². The van der Waals surface area contributed by atoms with Gasteiger partial charge < -0.3 is 9.47 Å². The summed E-state index contributed by atoms with van der Waals surface area (Å²) in [4.78, 5) is 11.2. The molecule has 0 spiro atoms. The van der Waals surface area contributed by atoms with Gasteiger partial charge in [0.25, 0.3) is 0 Å². The summed E-state index contributed by atoms with van der Waals surface area (Å²) in [6.45, 7) is 1.98. The zero-order valence-corrected chi connectivity index (χ0v) is 13.7. The van der Waals surface area contributed by atoms with Crippen molar-refractivity contribution in [2.75, 3.05) is 27.3 Å². The molecule has 1 aromatic carbocycles. The van der Waals surface area contributed by atoms with Crippen molar-refractivity contribution in [1.82, 2.24) is 4.31 Å². The van der Waals surface area contributed by atoms with E-state index in [1.54, 1.807) is 6.92 Å². The van der Waals surface area contributed by atoms with Crippen LogP contribution in [0.5, 0.6) is 5.75 Å². The molecule has 1 aromatic rings. The molecular weight excluding hydrogens is 318 g/mol. The highest BCUT2D eigenvalue weighted by atomic mass is 35.5. The number of carbonyl (C=O) groups excluding carboxylic acids is 1. The van der Waals surface area contributed by atoms with Crippen molar-refractivity contribution < 1.29 is 22.7 Å². The van der Waals surface area contributed by atoms with Gasteiger partial charge in [0.05, 0.1) is 30.6 Å². The third kappa shape index (κ3) is 4.33. The van der Waals surface area contributed by atoms with Gasteiger partial charge in [-0.05, 0) is 18.2 Å². The molecular formula is C13H18ClNO5S. The Bertz CT molecular complexity index is 603. The number of rotatable bonds is 7. The van der Waals surface area contributed by atoms with Crippen molar-refractivity contribution in [2.24, 2.45) is 0 Å². The third-order valence-electron chi connectivity index (χ3n) is 2.91. The Morgan fingerprint density at radius 2 is 2.00 bits per heavy atom. The van der Waals surface area contributed by atoms with Crippen LogP contribution in [0.15, 0.2) is 23.1 Å². The number of carbonyl (C=O) groups is 1. The number of hydrogen-bond donors (Lipinski definition) is 0. The van der Waals surface area contributed by atoms with Crippen LogP contribution in [0.2, 0.25) is 5.02 Å². The summed E-state index contributed by atoms with van der Waals surface area (Å²) in [6, 6.07) is 4.24. The second kappa shape index (κ2) is 7.63. The van der Waals surface area contributed by atoms with Gasteiger partial charge >= 0.3 is 5.97 Å². The molecule has 0 aliphatic rings. The Labute approximate surface area is 129 Å². The lowest BCUT2D eigenvalue weighted by molar-refractivity contribution is -0.140. The van der Waals surface area contributed by atoms with Crippen LogP contribution in [-0.4, -0.2) is 46.0 Å². The number of esters is 1. The van der Waals surface area contributed by atoms with Crippen LogP contribution in [0.3, 0.4) is 0 Å². The lowest BCUT2D eigenvalue weighted by atomic mass is 10.3. The van der Waals surface area contributed by atoms with Gasteiger partial charge in [-0.2, -0.15) is 4.31 Å². The normalized spacial score (nSPS) is 11.5. The summed E-state index contributed by atoms with van der Waals surface area (Å²) in [5.41, 5.74) is 0. The summed E-state index contributed by atoms with van der Waals surface area (Å²) in [6.07, 6.45) is -0.00649. The van der Waals surface area contributed by atoms with Gasteiger partial charge in [-0.1, -0.05) is 18.5 Å². The minimum absolute atomic E-state index is 0.00649. The van der Waals surface area contributed by atoms with E-state index in [9.17, 15) is 13.2 Å². The van der Waals surface area contributed by atoms with E-state index in [1.807, 2.05) is 0 Å². The molecule has 0 fully saturated rings. The second-order valence-electron chi connectivity index (χ2n) is 4.12. The van der Waals surface area contributed by atoms with Gasteiger partial charge in [-0.3, -0.25) is 4.79 Å². The van der Waals surface area contributed by atoms with Gasteiger partial charge in [-0.15, -0.1) is 0 Å². The van der Waals surface area contributed by atoms with Crippen LogP contribution in [0.25, 0.3) is 0 Å². The molecule has 0 atom stereocenters. The number of nitrogens with zero attached hydrogens (tertiary/aromatic N) is 1. The number of ether oxygens (including phenoxy) is 2. The molecule has 0 radical (unpaired) electrons. The molecule has 21 heavy (non-hydrogen) atoms. The molecule has 0 saturated carbocycles. The molecule has 6 nitrogen and oxygen atoms in total. The van der Waals surface area contributed by atoms with E-state index >= 15 is 0 Å². The minimum Gasteiger partial charge on any atom is -0.495 e. The van der Waals surface area contributed by atoms with Crippen molar-refractivity contribution in [3.05, 3.63) is 23.2 Å². The maximum atomic E-state index is 12.5. The van der Waals surface area contributed by atoms with Crippen molar-refractivity contribution in [3.63, 3.8) is 0 Å². The number of halogens is 1. The van der Waals surface area contributed by atoms with Crippen molar-refractivity contribution in [3.8, 4) is 5.75 Å². The second-order valence-corrected chi connectivity index (χ2v) is 6.46. The monoisotopic (exact) mass is 335 g/mol. The van der Waals surface area contributed by atoms with Crippen LogP contribution in [-0.2, 0) is 19.6 Å². The predicted molar refractivity (Wildman–Crippen MR) is 79.1 cm³/mol.